The first-order valence-electron chi connectivity index (χ1n) is 6.12. The number of nitrogens with one attached hydrogen (secondary N) is 1. The summed E-state index contributed by atoms with van der Waals surface area (Å²) < 4.78 is 0.903. The number of carbonyl (C=O) groups is 2. The molecule has 0 bridgehead atoms. The second kappa shape index (κ2) is 6.49. The summed E-state index contributed by atoms with van der Waals surface area (Å²) in [5.74, 6) is -0.589. The first-order chi connectivity index (χ1) is 9.08. The van der Waals surface area contributed by atoms with E-state index in [2.05, 4.69) is 21.2 Å². The van der Waals surface area contributed by atoms with E-state index in [1.54, 1.807) is 16.3 Å². The van der Waals surface area contributed by atoms with Crippen LogP contribution in [0.15, 0.2) is 15.2 Å². The molecule has 1 aliphatic heterocycles. The Balaban J connectivity index is 2.16. The fraction of sp³-hybridized carbons (Fsp3) is 0.500. The second-order valence-electron chi connectivity index (χ2n) is 4.52. The van der Waals surface area contributed by atoms with Gasteiger partial charge < -0.3 is 16.0 Å². The van der Waals surface area contributed by atoms with Gasteiger partial charge in [-0.2, -0.15) is 0 Å². The van der Waals surface area contributed by atoms with Crippen molar-refractivity contribution in [3.05, 3.63) is 20.8 Å². The summed E-state index contributed by atoms with van der Waals surface area (Å²) in [5, 5.41) is 5.04. The lowest BCUT2D eigenvalue weighted by atomic mass is 10.0. The van der Waals surface area contributed by atoms with Crippen LogP contribution in [0.25, 0.3) is 0 Å². The molecule has 1 aromatic heterocycles. The van der Waals surface area contributed by atoms with E-state index >= 15 is 0 Å². The maximum atomic E-state index is 12.5. The lowest BCUT2D eigenvalue weighted by Crippen LogP contribution is -2.49. The standard InChI is InChI=1S/C12H16BrN3O2S/c13-10-5-8(7-19-10)12(18)16(6-11(14)17)9-1-3-15-4-2-9/h5,7,9,15H,1-4,6H2,(H2,14,17). The van der Waals surface area contributed by atoms with Gasteiger partial charge in [-0.25, -0.2) is 0 Å². The van der Waals surface area contributed by atoms with Crippen molar-refractivity contribution < 1.29 is 9.59 Å². The summed E-state index contributed by atoms with van der Waals surface area (Å²) in [6.45, 7) is 1.71. The van der Waals surface area contributed by atoms with Gasteiger partial charge in [-0.3, -0.25) is 9.59 Å². The van der Waals surface area contributed by atoms with Crippen LogP contribution in [0, 0.1) is 0 Å². The van der Waals surface area contributed by atoms with E-state index in [1.807, 2.05) is 0 Å². The van der Waals surface area contributed by atoms with Crippen molar-refractivity contribution >= 4 is 39.1 Å². The molecular formula is C12H16BrN3O2S. The third kappa shape index (κ3) is 3.77. The normalized spacial score (nSPS) is 16.3. The molecule has 1 aromatic rings. The summed E-state index contributed by atoms with van der Waals surface area (Å²) in [6, 6.07) is 1.86. The summed E-state index contributed by atoms with van der Waals surface area (Å²) in [5.41, 5.74) is 5.87. The van der Waals surface area contributed by atoms with Crippen LogP contribution >= 0.6 is 27.3 Å². The van der Waals surface area contributed by atoms with Crippen molar-refractivity contribution in [3.8, 4) is 0 Å². The van der Waals surface area contributed by atoms with Crippen molar-refractivity contribution in [2.75, 3.05) is 19.6 Å². The van der Waals surface area contributed by atoms with E-state index in [9.17, 15) is 9.59 Å². The summed E-state index contributed by atoms with van der Waals surface area (Å²) in [6.07, 6.45) is 1.70. The number of halogens is 1. The Morgan fingerprint density at radius 2 is 2.16 bits per heavy atom. The highest BCUT2D eigenvalue weighted by Gasteiger charge is 2.27. The quantitative estimate of drug-likeness (QED) is 0.860. The summed E-state index contributed by atoms with van der Waals surface area (Å²) in [4.78, 5) is 25.3. The number of rotatable bonds is 4. The molecule has 0 atom stereocenters. The average Bonchev–Trinajstić information content (AvgIpc) is 2.83. The Kier molecular flexibility index (Phi) is 4.95. The highest BCUT2D eigenvalue weighted by atomic mass is 79.9. The van der Waals surface area contributed by atoms with Crippen LogP contribution in [0.1, 0.15) is 23.2 Å². The molecule has 0 aliphatic carbocycles. The van der Waals surface area contributed by atoms with Crippen molar-refractivity contribution in [2.24, 2.45) is 5.73 Å². The molecule has 2 heterocycles. The van der Waals surface area contributed by atoms with Gasteiger partial charge in [0.25, 0.3) is 5.91 Å². The largest absolute Gasteiger partial charge is 0.368 e. The molecule has 0 spiro atoms. The first-order valence-corrected chi connectivity index (χ1v) is 7.79. The minimum atomic E-state index is -0.471. The molecule has 2 amide bonds. The molecule has 2 rings (SSSR count). The first kappa shape index (κ1) is 14.5. The van der Waals surface area contributed by atoms with E-state index in [-0.39, 0.29) is 18.5 Å². The van der Waals surface area contributed by atoms with Crippen molar-refractivity contribution in [2.45, 2.75) is 18.9 Å². The van der Waals surface area contributed by atoms with Crippen LogP contribution in [-0.4, -0.2) is 42.4 Å². The maximum Gasteiger partial charge on any atom is 0.255 e. The van der Waals surface area contributed by atoms with Crippen LogP contribution in [-0.2, 0) is 4.79 Å². The lowest BCUT2D eigenvalue weighted by Gasteiger charge is -2.33. The SMILES string of the molecule is NC(=O)CN(C(=O)c1csc(Br)c1)C1CCNCC1. The van der Waals surface area contributed by atoms with Crippen molar-refractivity contribution in [3.63, 3.8) is 0 Å². The Hall–Kier alpha value is -0.920. The van der Waals surface area contributed by atoms with Gasteiger partial charge in [-0.15, -0.1) is 11.3 Å². The fourth-order valence-corrected chi connectivity index (χ4v) is 3.37. The third-order valence-electron chi connectivity index (χ3n) is 3.15. The zero-order valence-electron chi connectivity index (χ0n) is 10.4. The van der Waals surface area contributed by atoms with Gasteiger partial charge in [0.15, 0.2) is 0 Å². The number of hydrogen-bond donors (Lipinski definition) is 2. The number of piperidine rings is 1. The number of hydrogen-bond acceptors (Lipinski definition) is 4. The van der Waals surface area contributed by atoms with Crippen molar-refractivity contribution in [1.29, 1.82) is 0 Å². The number of thiophene rings is 1. The summed E-state index contributed by atoms with van der Waals surface area (Å²) >= 11 is 4.80. The predicted octanol–water partition coefficient (Wildman–Crippen LogP) is 1.19. The smallest absolute Gasteiger partial charge is 0.255 e. The molecule has 0 saturated carbocycles. The number of nitrogens with zero attached hydrogens (tertiary/aromatic N) is 1. The van der Waals surface area contributed by atoms with Gasteiger partial charge >= 0.3 is 0 Å². The molecule has 3 N–H and O–H groups in total. The van der Waals surface area contributed by atoms with E-state index in [4.69, 9.17) is 5.73 Å². The fourth-order valence-electron chi connectivity index (χ4n) is 2.24. The topological polar surface area (TPSA) is 75.4 Å². The number of nitrogens with two attached hydrogens (primary N) is 1. The molecule has 19 heavy (non-hydrogen) atoms. The molecule has 0 aromatic carbocycles. The van der Waals surface area contributed by atoms with Gasteiger partial charge in [0.05, 0.1) is 15.9 Å². The molecule has 1 fully saturated rings. The highest BCUT2D eigenvalue weighted by Crippen LogP contribution is 2.23. The molecule has 0 radical (unpaired) electrons. The van der Waals surface area contributed by atoms with Gasteiger partial charge in [0, 0.05) is 11.4 Å². The third-order valence-corrected chi connectivity index (χ3v) is 4.66. The number of amides is 2. The highest BCUT2D eigenvalue weighted by molar-refractivity contribution is 9.11. The van der Waals surface area contributed by atoms with Crippen LogP contribution < -0.4 is 11.1 Å². The predicted molar refractivity (Wildman–Crippen MR) is 78.1 cm³/mol. The second-order valence-corrected chi connectivity index (χ2v) is 6.81. The van der Waals surface area contributed by atoms with Crippen LogP contribution in [0.5, 0.6) is 0 Å². The minimum Gasteiger partial charge on any atom is -0.368 e. The van der Waals surface area contributed by atoms with Crippen molar-refractivity contribution in [1.82, 2.24) is 10.2 Å². The Morgan fingerprint density at radius 1 is 1.47 bits per heavy atom. The van der Waals surface area contributed by atoms with E-state index in [0.717, 1.165) is 29.7 Å². The van der Waals surface area contributed by atoms with Gasteiger partial charge in [0.1, 0.15) is 0 Å². The van der Waals surface area contributed by atoms with Gasteiger partial charge in [-0.1, -0.05) is 0 Å². The monoisotopic (exact) mass is 345 g/mol. The molecule has 7 heteroatoms. The zero-order valence-corrected chi connectivity index (χ0v) is 12.8. The Bertz CT molecular complexity index is 471. The summed E-state index contributed by atoms with van der Waals surface area (Å²) in [7, 11) is 0. The molecule has 5 nitrogen and oxygen atoms in total. The van der Waals surface area contributed by atoms with Crippen LogP contribution in [0.3, 0.4) is 0 Å². The number of primary amides is 1. The Morgan fingerprint density at radius 3 is 2.68 bits per heavy atom. The molecular weight excluding hydrogens is 330 g/mol. The molecule has 1 aliphatic rings. The van der Waals surface area contributed by atoms with Crippen LogP contribution in [0.4, 0.5) is 0 Å². The lowest BCUT2D eigenvalue weighted by molar-refractivity contribution is -0.119. The average molecular weight is 346 g/mol. The number of carbonyl (C=O) groups excluding carboxylic acids is 2. The van der Waals surface area contributed by atoms with Gasteiger partial charge in [0.2, 0.25) is 5.91 Å². The van der Waals surface area contributed by atoms with E-state index in [1.165, 1.54) is 11.3 Å². The maximum absolute atomic E-state index is 12.5. The minimum absolute atomic E-state index is 0.0169. The Labute approximate surface area is 124 Å². The van der Waals surface area contributed by atoms with Crippen LogP contribution in [0.2, 0.25) is 0 Å². The van der Waals surface area contributed by atoms with E-state index in [0.29, 0.717) is 5.56 Å². The molecule has 0 unspecified atom stereocenters. The zero-order chi connectivity index (χ0) is 13.8. The molecule has 104 valence electrons. The van der Waals surface area contributed by atoms with E-state index < -0.39 is 5.91 Å². The van der Waals surface area contributed by atoms with Gasteiger partial charge in [-0.05, 0) is 47.9 Å². The molecule has 1 saturated heterocycles.